The molecule has 0 bridgehead atoms. The second kappa shape index (κ2) is 6.41. The number of carbonyl (C=O) groups excluding carboxylic acids is 1. The molecule has 0 saturated carbocycles. The van der Waals surface area contributed by atoms with E-state index in [-0.39, 0.29) is 17.4 Å². The summed E-state index contributed by atoms with van der Waals surface area (Å²) in [5, 5.41) is 7.81. The Morgan fingerprint density at radius 2 is 2.00 bits per heavy atom. The van der Waals surface area contributed by atoms with Crippen molar-refractivity contribution in [2.45, 2.75) is 46.6 Å². The lowest BCUT2D eigenvalue weighted by molar-refractivity contribution is 0.0889. The van der Waals surface area contributed by atoms with Crippen LogP contribution in [-0.4, -0.2) is 15.7 Å². The summed E-state index contributed by atoms with van der Waals surface area (Å²) in [6, 6.07) is 11.9. The minimum Gasteiger partial charge on any atom is -0.456 e. The third-order valence-electron chi connectivity index (χ3n) is 5.23. The Kier molecular flexibility index (Phi) is 4.17. The second-order valence-electron chi connectivity index (χ2n) is 8.23. The number of rotatable bonds is 3. The maximum atomic E-state index is 12.8. The summed E-state index contributed by atoms with van der Waals surface area (Å²) < 4.78 is 7.60. The van der Waals surface area contributed by atoms with Gasteiger partial charge >= 0.3 is 0 Å². The topological polar surface area (TPSA) is 60.1 Å². The number of aromatic nitrogens is 2. The molecule has 0 spiro atoms. The van der Waals surface area contributed by atoms with E-state index >= 15 is 0 Å². The summed E-state index contributed by atoms with van der Waals surface area (Å²) in [4.78, 5) is 12.8. The van der Waals surface area contributed by atoms with Gasteiger partial charge in [-0.1, -0.05) is 32.0 Å². The fraction of sp³-hybridized carbons (Fsp3) is 0.364. The van der Waals surface area contributed by atoms with Gasteiger partial charge in [-0.15, -0.1) is 0 Å². The number of amides is 1. The van der Waals surface area contributed by atoms with Crippen molar-refractivity contribution in [2.24, 2.45) is 5.41 Å². The monoisotopic (exact) mass is 363 g/mol. The van der Waals surface area contributed by atoms with Crippen LogP contribution in [0.4, 0.5) is 0 Å². The number of nitrogens with zero attached hydrogens (tertiary/aromatic N) is 2. The number of aryl methyl sites for hydroxylation is 2. The van der Waals surface area contributed by atoms with Crippen molar-refractivity contribution in [3.63, 3.8) is 0 Å². The van der Waals surface area contributed by atoms with Gasteiger partial charge in [-0.3, -0.25) is 4.79 Å². The lowest BCUT2D eigenvalue weighted by atomic mass is 9.74. The first-order valence-corrected chi connectivity index (χ1v) is 9.34. The molecule has 0 saturated heterocycles. The van der Waals surface area contributed by atoms with Gasteiger partial charge in [0.15, 0.2) is 5.76 Å². The molecule has 0 unspecified atom stereocenters. The van der Waals surface area contributed by atoms with Gasteiger partial charge in [0.1, 0.15) is 5.76 Å². The number of fused-ring (bicyclic) bond motifs is 1. The summed E-state index contributed by atoms with van der Waals surface area (Å²) in [7, 11) is 0. The number of para-hydroxylation sites is 1. The highest BCUT2D eigenvalue weighted by molar-refractivity contribution is 5.93. The predicted octanol–water partition coefficient (Wildman–Crippen LogP) is 4.53. The van der Waals surface area contributed by atoms with E-state index < -0.39 is 0 Å². The van der Waals surface area contributed by atoms with Gasteiger partial charge in [-0.05, 0) is 50.3 Å². The van der Waals surface area contributed by atoms with Gasteiger partial charge in [0.25, 0.3) is 5.91 Å². The Labute approximate surface area is 159 Å². The van der Waals surface area contributed by atoms with Crippen molar-refractivity contribution in [3.8, 4) is 5.69 Å². The van der Waals surface area contributed by atoms with Gasteiger partial charge in [-0.2, -0.15) is 5.10 Å². The smallest absolute Gasteiger partial charge is 0.287 e. The Bertz CT molecular complexity index is 982. The van der Waals surface area contributed by atoms with Crippen LogP contribution in [0.25, 0.3) is 5.69 Å². The van der Waals surface area contributed by atoms with Crippen molar-refractivity contribution in [1.29, 1.82) is 0 Å². The van der Waals surface area contributed by atoms with Crippen LogP contribution in [-0.2, 0) is 6.42 Å². The van der Waals surface area contributed by atoms with Crippen LogP contribution in [0.2, 0.25) is 0 Å². The average Bonchev–Trinajstić information content (AvgIpc) is 3.17. The number of hydrogen-bond donors (Lipinski definition) is 1. The van der Waals surface area contributed by atoms with Gasteiger partial charge in [-0.25, -0.2) is 4.68 Å². The maximum Gasteiger partial charge on any atom is 0.287 e. The van der Waals surface area contributed by atoms with Crippen molar-refractivity contribution in [3.05, 3.63) is 70.9 Å². The van der Waals surface area contributed by atoms with Crippen molar-refractivity contribution < 1.29 is 9.21 Å². The summed E-state index contributed by atoms with van der Waals surface area (Å²) in [5.41, 5.74) is 4.22. The summed E-state index contributed by atoms with van der Waals surface area (Å²) in [6.07, 6.45) is 3.68. The highest BCUT2D eigenvalue weighted by Gasteiger charge is 2.36. The number of furan rings is 1. The molecule has 5 nitrogen and oxygen atoms in total. The zero-order valence-corrected chi connectivity index (χ0v) is 16.2. The molecule has 1 amide bonds. The van der Waals surface area contributed by atoms with Crippen LogP contribution >= 0.6 is 0 Å². The van der Waals surface area contributed by atoms with E-state index in [2.05, 4.69) is 36.4 Å². The van der Waals surface area contributed by atoms with Gasteiger partial charge < -0.3 is 9.73 Å². The molecule has 2 aromatic heterocycles. The molecule has 1 aliphatic carbocycles. The van der Waals surface area contributed by atoms with E-state index in [1.54, 1.807) is 0 Å². The van der Waals surface area contributed by atoms with Crippen molar-refractivity contribution in [1.82, 2.24) is 15.1 Å². The zero-order valence-electron chi connectivity index (χ0n) is 16.2. The molecule has 0 fully saturated rings. The zero-order chi connectivity index (χ0) is 19.2. The fourth-order valence-electron chi connectivity index (χ4n) is 4.05. The Morgan fingerprint density at radius 3 is 2.67 bits per heavy atom. The molecule has 5 heteroatoms. The molecular weight excluding hydrogens is 338 g/mol. The Balaban J connectivity index is 1.69. The SMILES string of the molecule is Cc1cc(C)c(C(=O)N[C@H]2CC(C)(C)Cc3c2cnn3-c2ccccc2)o1. The highest BCUT2D eigenvalue weighted by Crippen LogP contribution is 2.41. The third kappa shape index (κ3) is 3.29. The summed E-state index contributed by atoms with van der Waals surface area (Å²) in [6.45, 7) is 8.23. The number of hydrogen-bond acceptors (Lipinski definition) is 3. The molecule has 140 valence electrons. The molecule has 0 radical (unpaired) electrons. The molecular formula is C22H25N3O2. The molecule has 1 aliphatic rings. The van der Waals surface area contributed by atoms with E-state index in [1.807, 2.05) is 49.0 Å². The molecule has 27 heavy (non-hydrogen) atoms. The van der Waals surface area contributed by atoms with Crippen molar-refractivity contribution >= 4 is 5.91 Å². The van der Waals surface area contributed by atoms with Gasteiger partial charge in [0.05, 0.1) is 23.6 Å². The van der Waals surface area contributed by atoms with Crippen LogP contribution in [0, 0.1) is 19.3 Å². The minimum absolute atomic E-state index is 0.0611. The number of nitrogens with one attached hydrogen (secondary N) is 1. The normalized spacial score (nSPS) is 18.1. The second-order valence-corrected chi connectivity index (χ2v) is 8.23. The number of benzene rings is 1. The van der Waals surface area contributed by atoms with Gasteiger partial charge in [0.2, 0.25) is 0 Å². The first-order valence-electron chi connectivity index (χ1n) is 9.34. The molecule has 1 aromatic carbocycles. The largest absolute Gasteiger partial charge is 0.456 e. The Hall–Kier alpha value is -2.82. The number of carbonyl (C=O) groups is 1. The summed E-state index contributed by atoms with van der Waals surface area (Å²) >= 11 is 0. The van der Waals surface area contributed by atoms with Crippen LogP contribution < -0.4 is 5.32 Å². The van der Waals surface area contributed by atoms with Crippen LogP contribution in [0.5, 0.6) is 0 Å². The van der Waals surface area contributed by atoms with Gasteiger partial charge in [0, 0.05) is 11.1 Å². The van der Waals surface area contributed by atoms with E-state index in [1.165, 1.54) is 0 Å². The third-order valence-corrected chi connectivity index (χ3v) is 5.23. The highest BCUT2D eigenvalue weighted by atomic mass is 16.3. The van der Waals surface area contributed by atoms with E-state index in [0.29, 0.717) is 5.76 Å². The molecule has 0 aliphatic heterocycles. The standard InChI is InChI=1S/C22H25N3O2/c1-14-10-15(2)27-20(14)21(26)24-18-11-22(3,4)12-19-17(18)13-23-25(19)16-8-6-5-7-9-16/h5-10,13,18H,11-12H2,1-4H3,(H,24,26)/t18-/m0/s1. The predicted molar refractivity (Wildman–Crippen MR) is 104 cm³/mol. The van der Waals surface area contributed by atoms with Crippen LogP contribution in [0.3, 0.4) is 0 Å². The Morgan fingerprint density at radius 1 is 1.26 bits per heavy atom. The lowest BCUT2D eigenvalue weighted by Crippen LogP contribution is -2.36. The van der Waals surface area contributed by atoms with Crippen molar-refractivity contribution in [2.75, 3.05) is 0 Å². The molecule has 4 rings (SSSR count). The lowest BCUT2D eigenvalue weighted by Gasteiger charge is -2.35. The minimum atomic E-state index is -0.165. The molecule has 1 atom stereocenters. The fourth-order valence-corrected chi connectivity index (χ4v) is 4.05. The molecule has 2 heterocycles. The average molecular weight is 363 g/mol. The van der Waals surface area contributed by atoms with E-state index in [0.717, 1.165) is 41.1 Å². The van der Waals surface area contributed by atoms with E-state index in [4.69, 9.17) is 4.42 Å². The quantitative estimate of drug-likeness (QED) is 0.744. The first kappa shape index (κ1) is 17.6. The van der Waals surface area contributed by atoms with Crippen LogP contribution in [0.1, 0.15) is 59.4 Å². The summed E-state index contributed by atoms with van der Waals surface area (Å²) in [5.74, 6) is 0.980. The molecule has 3 aromatic rings. The van der Waals surface area contributed by atoms with E-state index in [9.17, 15) is 4.79 Å². The first-order chi connectivity index (χ1) is 12.8. The maximum absolute atomic E-state index is 12.8. The molecule has 1 N–H and O–H groups in total. The van der Waals surface area contributed by atoms with Crippen LogP contribution in [0.15, 0.2) is 47.0 Å².